The van der Waals surface area contributed by atoms with Crippen molar-refractivity contribution in [3.05, 3.63) is 101 Å². The molecule has 0 bridgehead atoms. The smallest absolute Gasteiger partial charge is 0.251 e. The number of anilines is 1. The molecule has 3 aromatic rings. The molecule has 1 aliphatic heterocycles. The molecule has 0 spiro atoms. The number of amides is 3. The lowest BCUT2D eigenvalue weighted by molar-refractivity contribution is -0.126. The Kier molecular flexibility index (Phi) is 14.4. The van der Waals surface area contributed by atoms with E-state index in [4.69, 9.17) is 0 Å². The van der Waals surface area contributed by atoms with Crippen LogP contribution in [-0.2, 0) is 21.4 Å². The molecule has 0 aliphatic carbocycles. The van der Waals surface area contributed by atoms with Crippen molar-refractivity contribution >= 4 is 33.4 Å². The summed E-state index contributed by atoms with van der Waals surface area (Å²) in [4.78, 5) is 42.9. The molecular formula is C40H55N5O6S. The summed E-state index contributed by atoms with van der Waals surface area (Å²) in [6, 6.07) is 23.0. The molecule has 3 aromatic carbocycles. The third-order valence-corrected chi connectivity index (χ3v) is 10.9. The first-order chi connectivity index (χ1) is 24.6. The number of rotatable bonds is 16. The van der Waals surface area contributed by atoms with E-state index in [2.05, 4.69) is 33.0 Å². The van der Waals surface area contributed by atoms with Crippen LogP contribution < -0.4 is 20.3 Å². The number of nitrogens with one attached hydrogen (secondary N) is 3. The van der Waals surface area contributed by atoms with Crippen molar-refractivity contribution in [2.75, 3.05) is 30.7 Å². The largest absolute Gasteiger partial charge is 0.391 e. The minimum Gasteiger partial charge on any atom is -0.391 e. The minimum absolute atomic E-state index is 0.0599. The average Bonchev–Trinajstić information content (AvgIpc) is 3.11. The molecule has 0 radical (unpaired) electrons. The number of nitrogens with zero attached hydrogens (tertiary/aromatic N) is 2. The fourth-order valence-electron chi connectivity index (χ4n) is 6.48. The predicted molar refractivity (Wildman–Crippen MR) is 205 cm³/mol. The highest BCUT2D eigenvalue weighted by atomic mass is 32.2. The van der Waals surface area contributed by atoms with E-state index in [0.29, 0.717) is 6.42 Å². The van der Waals surface area contributed by atoms with E-state index in [1.165, 1.54) is 30.8 Å². The van der Waals surface area contributed by atoms with Gasteiger partial charge in [-0.2, -0.15) is 0 Å². The Bertz CT molecular complexity index is 1750. The molecule has 1 aliphatic rings. The van der Waals surface area contributed by atoms with Gasteiger partial charge in [0.05, 0.1) is 30.1 Å². The Labute approximate surface area is 309 Å². The third-order valence-electron chi connectivity index (χ3n) is 9.68. The number of hydrogen-bond donors (Lipinski definition) is 4. The fourth-order valence-corrected chi connectivity index (χ4v) is 6.97. The summed E-state index contributed by atoms with van der Waals surface area (Å²) in [5, 5.41) is 20.4. The molecule has 12 heteroatoms. The van der Waals surface area contributed by atoms with Gasteiger partial charge in [-0.15, -0.1) is 0 Å². The Morgan fingerprint density at radius 1 is 0.846 bits per heavy atom. The van der Waals surface area contributed by atoms with E-state index < -0.39 is 39.9 Å². The normalized spacial score (nSPS) is 16.4. The Morgan fingerprint density at radius 2 is 1.40 bits per heavy atom. The van der Waals surface area contributed by atoms with Crippen LogP contribution >= 0.6 is 0 Å². The first-order valence-electron chi connectivity index (χ1n) is 18.1. The molecule has 11 nitrogen and oxygen atoms in total. The van der Waals surface area contributed by atoms with Gasteiger partial charge in [0.2, 0.25) is 15.9 Å². The van der Waals surface area contributed by atoms with Crippen molar-refractivity contribution in [1.82, 2.24) is 20.9 Å². The SMILES string of the molecule is CC(C)C[C@H](NC(=O)c1cc(C(=O)N[C@H](C)c2ccccc2)cc(N(C)S(C)(=O)=O)c1)[C@@H](O)C[C@@H](C)C(=O)NC1CCN(Cc2ccccc2)CC1. The molecule has 1 fully saturated rings. The number of aliphatic hydroxyl groups excluding tert-OH is 1. The summed E-state index contributed by atoms with van der Waals surface area (Å²) in [7, 11) is -2.36. The third kappa shape index (κ3) is 11.9. The summed E-state index contributed by atoms with van der Waals surface area (Å²) in [6.07, 6.45) is 2.27. The van der Waals surface area contributed by atoms with Gasteiger partial charge in [0.25, 0.3) is 11.8 Å². The first kappa shape index (κ1) is 40.5. The molecule has 1 saturated heterocycles. The second kappa shape index (κ2) is 18.5. The second-order valence-corrected chi connectivity index (χ2v) is 16.6. The van der Waals surface area contributed by atoms with Gasteiger partial charge in [-0.05, 0) is 67.9 Å². The first-order valence-corrected chi connectivity index (χ1v) is 20.0. The van der Waals surface area contributed by atoms with Crippen LogP contribution in [-0.4, -0.2) is 80.7 Å². The number of benzene rings is 3. The van der Waals surface area contributed by atoms with E-state index in [-0.39, 0.29) is 47.1 Å². The molecule has 3 amide bonds. The average molecular weight is 734 g/mol. The minimum atomic E-state index is -3.72. The predicted octanol–water partition coefficient (Wildman–Crippen LogP) is 4.89. The van der Waals surface area contributed by atoms with Crippen LogP contribution in [0.5, 0.6) is 0 Å². The van der Waals surface area contributed by atoms with Crippen LogP contribution in [0, 0.1) is 11.8 Å². The summed E-state index contributed by atoms with van der Waals surface area (Å²) in [5.41, 5.74) is 2.47. The van der Waals surface area contributed by atoms with Gasteiger partial charge in [-0.25, -0.2) is 8.42 Å². The molecule has 0 saturated carbocycles. The summed E-state index contributed by atoms with van der Waals surface area (Å²) >= 11 is 0. The van der Waals surface area contributed by atoms with Crippen LogP contribution in [0.25, 0.3) is 0 Å². The summed E-state index contributed by atoms with van der Waals surface area (Å²) in [6.45, 7) is 10.2. The number of aliphatic hydroxyl groups is 1. The van der Waals surface area contributed by atoms with E-state index >= 15 is 0 Å². The zero-order valence-electron chi connectivity index (χ0n) is 31.2. The molecule has 0 unspecified atom stereocenters. The standard InChI is InChI=1S/C40H55N5O6S/c1-27(2)21-36(37(46)22-28(3)38(47)42-34-17-19-45(20-18-34)26-30-13-9-7-10-14-30)43-40(49)33-23-32(24-35(25-33)44(5)52(6,50)51)39(48)41-29(4)31-15-11-8-12-16-31/h7-16,23-25,27-29,34,36-37,46H,17-22,26H2,1-6H3,(H,41,48)(H,42,47)(H,43,49)/t28-,29-,36+,37+/m1/s1. The molecular weight excluding hydrogens is 679 g/mol. The van der Waals surface area contributed by atoms with Gasteiger partial charge in [0, 0.05) is 49.8 Å². The maximum Gasteiger partial charge on any atom is 0.251 e. The maximum atomic E-state index is 13.8. The highest BCUT2D eigenvalue weighted by Crippen LogP contribution is 2.24. The number of carbonyl (C=O) groups is 3. The van der Waals surface area contributed by atoms with E-state index in [9.17, 15) is 27.9 Å². The lowest BCUT2D eigenvalue weighted by atomic mass is 9.91. The van der Waals surface area contributed by atoms with Crippen molar-refractivity contribution in [3.63, 3.8) is 0 Å². The molecule has 4 rings (SSSR count). The number of piperidine rings is 1. The van der Waals surface area contributed by atoms with Crippen molar-refractivity contribution in [3.8, 4) is 0 Å². The van der Waals surface area contributed by atoms with Gasteiger partial charge < -0.3 is 21.1 Å². The van der Waals surface area contributed by atoms with Gasteiger partial charge in [-0.1, -0.05) is 81.4 Å². The van der Waals surface area contributed by atoms with Crippen LogP contribution in [0.1, 0.15) is 91.3 Å². The van der Waals surface area contributed by atoms with Crippen molar-refractivity contribution in [2.45, 2.75) is 84.2 Å². The fraction of sp³-hybridized carbons (Fsp3) is 0.475. The van der Waals surface area contributed by atoms with E-state index in [0.717, 1.165) is 48.6 Å². The van der Waals surface area contributed by atoms with Gasteiger partial charge in [0.1, 0.15) is 0 Å². The number of sulfonamides is 1. The number of carbonyl (C=O) groups excluding carboxylic acids is 3. The highest BCUT2D eigenvalue weighted by molar-refractivity contribution is 7.92. The van der Waals surface area contributed by atoms with Crippen LogP contribution in [0.3, 0.4) is 0 Å². The molecule has 282 valence electrons. The summed E-state index contributed by atoms with van der Waals surface area (Å²) < 4.78 is 25.9. The van der Waals surface area contributed by atoms with Gasteiger partial charge in [0.15, 0.2) is 0 Å². The zero-order valence-corrected chi connectivity index (χ0v) is 32.0. The quantitative estimate of drug-likeness (QED) is 0.164. The van der Waals surface area contributed by atoms with Crippen molar-refractivity contribution < 1.29 is 27.9 Å². The van der Waals surface area contributed by atoms with Crippen LogP contribution in [0.2, 0.25) is 0 Å². The van der Waals surface area contributed by atoms with Crippen LogP contribution in [0.4, 0.5) is 5.69 Å². The lowest BCUT2D eigenvalue weighted by Gasteiger charge is -2.33. The second-order valence-electron chi connectivity index (χ2n) is 14.6. The Balaban J connectivity index is 1.42. The zero-order chi connectivity index (χ0) is 38.0. The Morgan fingerprint density at radius 3 is 1.96 bits per heavy atom. The lowest BCUT2D eigenvalue weighted by Crippen LogP contribution is -2.48. The van der Waals surface area contributed by atoms with Crippen molar-refractivity contribution in [1.29, 1.82) is 0 Å². The maximum absolute atomic E-state index is 13.8. The molecule has 4 N–H and O–H groups in total. The Hall–Kier alpha value is -4.26. The monoisotopic (exact) mass is 733 g/mol. The molecule has 1 heterocycles. The molecule has 0 aromatic heterocycles. The topological polar surface area (TPSA) is 148 Å². The van der Waals surface area contributed by atoms with Crippen molar-refractivity contribution in [2.24, 2.45) is 11.8 Å². The number of hydrogen-bond acceptors (Lipinski definition) is 7. The highest BCUT2D eigenvalue weighted by Gasteiger charge is 2.29. The molecule has 52 heavy (non-hydrogen) atoms. The summed E-state index contributed by atoms with van der Waals surface area (Å²) in [5.74, 6) is -1.58. The van der Waals surface area contributed by atoms with Gasteiger partial charge in [-0.3, -0.25) is 23.6 Å². The van der Waals surface area contributed by atoms with E-state index in [1.54, 1.807) is 6.92 Å². The van der Waals surface area contributed by atoms with E-state index in [1.807, 2.05) is 69.3 Å². The molecule has 4 atom stereocenters. The number of likely N-dealkylation sites (tertiary alicyclic amines) is 1. The van der Waals surface area contributed by atoms with Crippen LogP contribution in [0.15, 0.2) is 78.9 Å². The van der Waals surface area contributed by atoms with Gasteiger partial charge >= 0.3 is 0 Å².